The predicted octanol–water partition coefficient (Wildman–Crippen LogP) is 3.79. The fourth-order valence-electron chi connectivity index (χ4n) is 1.59. The molecule has 5 heteroatoms. The first-order valence-electron chi connectivity index (χ1n) is 7.81. The number of hydrogen-bond donors (Lipinski definition) is 0. The van der Waals surface area contributed by atoms with Crippen LogP contribution in [0.3, 0.4) is 0 Å². The molecule has 0 heterocycles. The van der Waals surface area contributed by atoms with Gasteiger partial charge < -0.3 is 18.7 Å². The lowest BCUT2D eigenvalue weighted by molar-refractivity contribution is -0.144. The van der Waals surface area contributed by atoms with E-state index < -0.39 is 14.4 Å². The molecule has 0 fully saturated rings. The quantitative estimate of drug-likeness (QED) is 0.479. The molecule has 0 aliphatic heterocycles. The van der Waals surface area contributed by atoms with E-state index in [9.17, 15) is 4.79 Å². The standard InChI is InChI=1S/C16H34O4Si/c1-12(2)19-14(10-17)15(20-13(3)4)11-18-21(8,9)16(5,6)7/h10,12-15H,11H2,1-9H3/t14-,15-/m0/s1. The Kier molecular flexibility index (Phi) is 8.32. The average Bonchev–Trinajstić information content (AvgIpc) is 2.29. The number of rotatable bonds is 9. The van der Waals surface area contributed by atoms with Crippen LogP contribution >= 0.6 is 0 Å². The van der Waals surface area contributed by atoms with Crippen LogP contribution in [0, 0.1) is 0 Å². The second kappa shape index (κ2) is 8.41. The number of carbonyl (C=O) groups is 1. The molecule has 0 aromatic rings. The van der Waals surface area contributed by atoms with Gasteiger partial charge in [0, 0.05) is 0 Å². The minimum absolute atomic E-state index is 0.0219. The van der Waals surface area contributed by atoms with E-state index >= 15 is 0 Å². The van der Waals surface area contributed by atoms with Gasteiger partial charge in [0.15, 0.2) is 14.6 Å². The minimum atomic E-state index is -1.87. The predicted molar refractivity (Wildman–Crippen MR) is 89.2 cm³/mol. The molecule has 0 N–H and O–H groups in total. The van der Waals surface area contributed by atoms with Crippen molar-refractivity contribution in [2.45, 2.75) is 91.0 Å². The monoisotopic (exact) mass is 318 g/mol. The first-order chi connectivity index (χ1) is 9.40. The maximum absolute atomic E-state index is 11.3. The molecular weight excluding hydrogens is 284 g/mol. The third-order valence-electron chi connectivity index (χ3n) is 3.79. The number of ether oxygens (including phenoxy) is 2. The first-order valence-corrected chi connectivity index (χ1v) is 10.7. The van der Waals surface area contributed by atoms with Crippen LogP contribution in [0.2, 0.25) is 18.1 Å². The molecule has 0 aliphatic carbocycles. The summed E-state index contributed by atoms with van der Waals surface area (Å²) in [6.07, 6.45) is -0.124. The molecule has 2 atom stereocenters. The van der Waals surface area contributed by atoms with Crippen LogP contribution < -0.4 is 0 Å². The molecule has 126 valence electrons. The van der Waals surface area contributed by atoms with Crippen molar-refractivity contribution in [1.29, 1.82) is 0 Å². The summed E-state index contributed by atoms with van der Waals surface area (Å²) in [5.74, 6) is 0. The highest BCUT2D eigenvalue weighted by Gasteiger charge is 2.38. The highest BCUT2D eigenvalue weighted by atomic mass is 28.4. The molecule has 0 spiro atoms. The minimum Gasteiger partial charge on any atom is -0.414 e. The van der Waals surface area contributed by atoms with Crippen molar-refractivity contribution in [3.63, 3.8) is 0 Å². The number of carbonyl (C=O) groups excluding carboxylic acids is 1. The van der Waals surface area contributed by atoms with Crippen molar-refractivity contribution in [2.75, 3.05) is 6.61 Å². The van der Waals surface area contributed by atoms with E-state index in [0.717, 1.165) is 6.29 Å². The van der Waals surface area contributed by atoms with Crippen molar-refractivity contribution < 1.29 is 18.7 Å². The molecular formula is C16H34O4Si. The molecule has 0 aromatic carbocycles. The highest BCUT2D eigenvalue weighted by Crippen LogP contribution is 2.36. The normalized spacial score (nSPS) is 16.3. The highest BCUT2D eigenvalue weighted by molar-refractivity contribution is 6.74. The summed E-state index contributed by atoms with van der Waals surface area (Å²) >= 11 is 0. The van der Waals surface area contributed by atoms with Gasteiger partial charge in [-0.1, -0.05) is 20.8 Å². The third kappa shape index (κ3) is 7.54. The van der Waals surface area contributed by atoms with Gasteiger partial charge in [0.1, 0.15) is 12.2 Å². The zero-order chi connectivity index (χ0) is 16.8. The van der Waals surface area contributed by atoms with Crippen LogP contribution in [0.25, 0.3) is 0 Å². The zero-order valence-corrected chi connectivity index (χ0v) is 16.2. The molecule has 0 bridgehead atoms. The number of hydrogen-bond acceptors (Lipinski definition) is 4. The van der Waals surface area contributed by atoms with Gasteiger partial charge in [0.25, 0.3) is 0 Å². The molecule has 0 saturated heterocycles. The van der Waals surface area contributed by atoms with Gasteiger partial charge in [0.05, 0.1) is 18.8 Å². The lowest BCUT2D eigenvalue weighted by atomic mass is 10.2. The zero-order valence-electron chi connectivity index (χ0n) is 15.2. The molecule has 4 nitrogen and oxygen atoms in total. The lowest BCUT2D eigenvalue weighted by Crippen LogP contribution is -2.47. The molecule has 0 radical (unpaired) electrons. The fraction of sp³-hybridized carbons (Fsp3) is 0.938. The summed E-state index contributed by atoms with van der Waals surface area (Å²) in [6.45, 7) is 19.1. The maximum atomic E-state index is 11.3. The van der Waals surface area contributed by atoms with Crippen LogP contribution in [0.15, 0.2) is 0 Å². The van der Waals surface area contributed by atoms with Gasteiger partial charge in [-0.3, -0.25) is 0 Å². The van der Waals surface area contributed by atoms with Crippen LogP contribution in [-0.2, 0) is 18.7 Å². The van der Waals surface area contributed by atoms with Crippen molar-refractivity contribution in [2.24, 2.45) is 0 Å². The summed E-state index contributed by atoms with van der Waals surface area (Å²) in [4.78, 5) is 11.3. The fourth-order valence-corrected chi connectivity index (χ4v) is 2.60. The largest absolute Gasteiger partial charge is 0.414 e. The van der Waals surface area contributed by atoms with E-state index in [1.165, 1.54) is 0 Å². The molecule has 21 heavy (non-hydrogen) atoms. The average molecular weight is 319 g/mol. The summed E-state index contributed by atoms with van der Waals surface area (Å²) in [5, 5.41) is 0.130. The Morgan fingerprint density at radius 2 is 1.48 bits per heavy atom. The maximum Gasteiger partial charge on any atom is 0.192 e. The third-order valence-corrected chi connectivity index (χ3v) is 8.29. The molecule has 0 amide bonds. The summed E-state index contributed by atoms with van der Waals surface area (Å²) in [7, 11) is -1.87. The molecule has 0 unspecified atom stereocenters. The van der Waals surface area contributed by atoms with Crippen molar-refractivity contribution >= 4 is 14.6 Å². The van der Waals surface area contributed by atoms with Crippen molar-refractivity contribution in [1.82, 2.24) is 0 Å². The Balaban J connectivity index is 4.88. The Labute approximate surface area is 131 Å². The molecule has 0 saturated carbocycles. The SMILES string of the molecule is CC(C)O[C@@H](C=O)[C@H](CO[Si](C)(C)C(C)(C)C)OC(C)C. The second-order valence-corrected chi connectivity index (χ2v) is 12.4. The summed E-state index contributed by atoms with van der Waals surface area (Å²) in [5.41, 5.74) is 0. The van der Waals surface area contributed by atoms with Crippen molar-refractivity contribution in [3.8, 4) is 0 Å². The van der Waals surface area contributed by atoms with Gasteiger partial charge in [0.2, 0.25) is 0 Å². The second-order valence-electron chi connectivity index (χ2n) is 7.58. The topological polar surface area (TPSA) is 44.8 Å². The Morgan fingerprint density at radius 1 is 1.00 bits per heavy atom. The van der Waals surface area contributed by atoms with Gasteiger partial charge in [-0.05, 0) is 45.8 Å². The molecule has 0 aromatic heterocycles. The van der Waals surface area contributed by atoms with Crippen LogP contribution in [0.1, 0.15) is 48.5 Å². The van der Waals surface area contributed by atoms with Gasteiger partial charge in [-0.25, -0.2) is 0 Å². The summed E-state index contributed by atoms with van der Waals surface area (Å²) in [6, 6.07) is 0. The molecule has 0 rings (SSSR count). The smallest absolute Gasteiger partial charge is 0.192 e. The van der Waals surface area contributed by atoms with Crippen LogP contribution in [-0.4, -0.2) is 45.6 Å². The summed E-state index contributed by atoms with van der Waals surface area (Å²) < 4.78 is 17.7. The van der Waals surface area contributed by atoms with Crippen molar-refractivity contribution in [3.05, 3.63) is 0 Å². The van der Waals surface area contributed by atoms with E-state index in [2.05, 4.69) is 33.9 Å². The molecule has 0 aliphatic rings. The Morgan fingerprint density at radius 3 is 1.81 bits per heavy atom. The van der Waals surface area contributed by atoms with E-state index in [-0.39, 0.29) is 23.4 Å². The lowest BCUT2D eigenvalue weighted by Gasteiger charge is -2.38. The van der Waals surface area contributed by atoms with E-state index in [1.807, 2.05) is 27.7 Å². The van der Waals surface area contributed by atoms with E-state index in [1.54, 1.807) is 0 Å². The van der Waals surface area contributed by atoms with Crippen LogP contribution in [0.5, 0.6) is 0 Å². The number of aldehydes is 1. The van der Waals surface area contributed by atoms with Gasteiger partial charge >= 0.3 is 0 Å². The van der Waals surface area contributed by atoms with E-state index in [4.69, 9.17) is 13.9 Å². The Hall–Kier alpha value is -0.233. The van der Waals surface area contributed by atoms with Gasteiger partial charge in [-0.15, -0.1) is 0 Å². The Bertz CT molecular complexity index is 308. The van der Waals surface area contributed by atoms with E-state index in [0.29, 0.717) is 6.61 Å². The first kappa shape index (κ1) is 20.8. The van der Waals surface area contributed by atoms with Crippen LogP contribution in [0.4, 0.5) is 0 Å². The van der Waals surface area contributed by atoms with Gasteiger partial charge in [-0.2, -0.15) is 0 Å².